The number of nitrogens with zero attached hydrogens (tertiary/aromatic N) is 3. The lowest BCUT2D eigenvalue weighted by Crippen LogP contribution is -2.15. The van der Waals surface area contributed by atoms with Gasteiger partial charge < -0.3 is 24.9 Å². The number of H-pyrrole nitrogens is 1. The Balaban J connectivity index is 2.06. The predicted molar refractivity (Wildman–Crippen MR) is 113 cm³/mol. The van der Waals surface area contributed by atoms with Crippen LogP contribution >= 0.6 is 0 Å². The molecule has 0 aliphatic rings. The third-order valence-electron chi connectivity index (χ3n) is 4.73. The van der Waals surface area contributed by atoms with Crippen LogP contribution in [0, 0.1) is 0 Å². The van der Waals surface area contributed by atoms with Crippen molar-refractivity contribution in [3.63, 3.8) is 0 Å². The van der Waals surface area contributed by atoms with Crippen LogP contribution in [-0.4, -0.2) is 46.8 Å². The first-order valence-electron chi connectivity index (χ1n) is 9.16. The van der Waals surface area contributed by atoms with Crippen LogP contribution in [0.1, 0.15) is 10.5 Å². The number of fused-ring (bicyclic) bond motifs is 1. The van der Waals surface area contributed by atoms with E-state index in [1.54, 1.807) is 42.5 Å². The smallest absolute Gasteiger partial charge is 0.332 e. The van der Waals surface area contributed by atoms with Crippen molar-refractivity contribution in [2.75, 3.05) is 21.3 Å². The first kappa shape index (κ1) is 20.0. The quantitative estimate of drug-likeness (QED) is 0.485. The molecule has 10 heteroatoms. The van der Waals surface area contributed by atoms with E-state index in [0.29, 0.717) is 28.5 Å². The van der Waals surface area contributed by atoms with Crippen molar-refractivity contribution in [3.8, 4) is 34.3 Å². The molecule has 2 heterocycles. The Hall–Kier alpha value is -4.34. The number of benzene rings is 2. The average Bonchev–Trinajstić information content (AvgIpc) is 3.13. The van der Waals surface area contributed by atoms with E-state index in [9.17, 15) is 9.59 Å². The molecule has 2 aromatic carbocycles. The van der Waals surface area contributed by atoms with Crippen molar-refractivity contribution in [2.45, 2.75) is 0 Å². The Morgan fingerprint density at radius 2 is 1.74 bits per heavy atom. The maximum absolute atomic E-state index is 12.8. The van der Waals surface area contributed by atoms with E-state index in [0.717, 1.165) is 0 Å². The van der Waals surface area contributed by atoms with Crippen LogP contribution in [0.25, 0.3) is 28.2 Å². The molecule has 0 atom stereocenters. The standard InChI is InChI=1S/C21H19N5O5/c1-29-12-6-4-5-11(9-12)26-20-17(24-21(26)28)16(18(22)27)23-19(25-20)14-10-13(30-2)7-8-15(14)31-3/h4-10H,1-3H3,(H2,22,27)(H,24,28). The van der Waals surface area contributed by atoms with Gasteiger partial charge in [-0.05, 0) is 30.3 Å². The Kier molecular flexibility index (Phi) is 5.04. The monoisotopic (exact) mass is 421 g/mol. The molecule has 3 N–H and O–H groups in total. The van der Waals surface area contributed by atoms with Crippen molar-refractivity contribution < 1.29 is 19.0 Å². The number of methoxy groups -OCH3 is 3. The number of ether oxygens (including phenoxy) is 3. The number of aromatic nitrogens is 4. The molecule has 4 rings (SSSR count). The van der Waals surface area contributed by atoms with Gasteiger partial charge in [-0.25, -0.2) is 19.3 Å². The summed E-state index contributed by atoms with van der Waals surface area (Å²) >= 11 is 0. The van der Waals surface area contributed by atoms with E-state index in [1.165, 1.54) is 25.9 Å². The molecule has 0 unspecified atom stereocenters. The summed E-state index contributed by atoms with van der Waals surface area (Å²) in [6.45, 7) is 0. The second-order valence-electron chi connectivity index (χ2n) is 6.49. The van der Waals surface area contributed by atoms with Crippen LogP contribution in [0.4, 0.5) is 0 Å². The number of nitrogens with two attached hydrogens (primary N) is 1. The number of amides is 1. The number of imidazole rings is 1. The summed E-state index contributed by atoms with van der Waals surface area (Å²) in [5.74, 6) is 0.889. The highest BCUT2D eigenvalue weighted by atomic mass is 16.5. The van der Waals surface area contributed by atoms with E-state index < -0.39 is 11.6 Å². The highest BCUT2D eigenvalue weighted by Crippen LogP contribution is 2.32. The third-order valence-corrected chi connectivity index (χ3v) is 4.73. The molecular formula is C21H19N5O5. The van der Waals surface area contributed by atoms with Gasteiger partial charge in [0, 0.05) is 6.07 Å². The molecule has 158 valence electrons. The predicted octanol–water partition coefficient (Wildman–Crippen LogP) is 1.90. The largest absolute Gasteiger partial charge is 0.497 e. The SMILES string of the molecule is COc1cccc(-n2c(=O)[nH]c3c(C(N)=O)nc(-c4cc(OC)ccc4OC)nc32)c1. The first-order valence-corrected chi connectivity index (χ1v) is 9.16. The fourth-order valence-corrected chi connectivity index (χ4v) is 3.26. The lowest BCUT2D eigenvalue weighted by Gasteiger charge is -2.11. The molecule has 0 saturated heterocycles. The molecule has 0 spiro atoms. The molecule has 1 amide bonds. The Morgan fingerprint density at radius 1 is 1.00 bits per heavy atom. The number of primary amides is 1. The molecule has 10 nitrogen and oxygen atoms in total. The number of nitrogens with one attached hydrogen (secondary N) is 1. The number of aromatic amines is 1. The van der Waals surface area contributed by atoms with Gasteiger partial charge in [0.05, 0.1) is 32.6 Å². The van der Waals surface area contributed by atoms with Gasteiger partial charge >= 0.3 is 5.69 Å². The fourth-order valence-electron chi connectivity index (χ4n) is 3.26. The second kappa shape index (κ2) is 7.82. The van der Waals surface area contributed by atoms with E-state index in [-0.39, 0.29) is 22.7 Å². The maximum Gasteiger partial charge on any atom is 0.332 e. The van der Waals surface area contributed by atoms with Gasteiger partial charge in [-0.15, -0.1) is 0 Å². The van der Waals surface area contributed by atoms with Gasteiger partial charge in [-0.3, -0.25) is 4.79 Å². The van der Waals surface area contributed by atoms with Gasteiger partial charge in [-0.1, -0.05) is 6.07 Å². The molecule has 0 aliphatic carbocycles. The van der Waals surface area contributed by atoms with Crippen LogP contribution in [0.2, 0.25) is 0 Å². The minimum atomic E-state index is -0.811. The zero-order valence-corrected chi connectivity index (χ0v) is 17.0. The van der Waals surface area contributed by atoms with Crippen molar-refractivity contribution in [2.24, 2.45) is 5.73 Å². The highest BCUT2D eigenvalue weighted by molar-refractivity contribution is 6.02. The summed E-state index contributed by atoms with van der Waals surface area (Å²) in [6, 6.07) is 12.0. The molecule has 0 saturated carbocycles. The van der Waals surface area contributed by atoms with Gasteiger partial charge in [-0.2, -0.15) is 0 Å². The number of carbonyl (C=O) groups is 1. The number of hydrogen-bond donors (Lipinski definition) is 2. The van der Waals surface area contributed by atoms with E-state index >= 15 is 0 Å². The first-order chi connectivity index (χ1) is 15.0. The van der Waals surface area contributed by atoms with Crippen molar-refractivity contribution in [1.82, 2.24) is 19.5 Å². The fraction of sp³-hybridized carbons (Fsp3) is 0.143. The van der Waals surface area contributed by atoms with Crippen LogP contribution in [0.5, 0.6) is 17.2 Å². The summed E-state index contributed by atoms with van der Waals surface area (Å²) in [4.78, 5) is 36.4. The Bertz CT molecular complexity index is 1360. The molecule has 2 aromatic heterocycles. The molecule has 0 fully saturated rings. The van der Waals surface area contributed by atoms with Crippen molar-refractivity contribution >= 4 is 17.1 Å². The molecule has 4 aromatic rings. The highest BCUT2D eigenvalue weighted by Gasteiger charge is 2.22. The molecule has 0 aliphatic heterocycles. The van der Waals surface area contributed by atoms with Crippen LogP contribution in [0.3, 0.4) is 0 Å². The molecule has 31 heavy (non-hydrogen) atoms. The number of rotatable bonds is 6. The second-order valence-corrected chi connectivity index (χ2v) is 6.49. The zero-order chi connectivity index (χ0) is 22.1. The lowest BCUT2D eigenvalue weighted by molar-refractivity contribution is 0.0997. The van der Waals surface area contributed by atoms with E-state index in [1.807, 2.05) is 0 Å². The van der Waals surface area contributed by atoms with Crippen molar-refractivity contribution in [3.05, 3.63) is 58.6 Å². The molecule has 0 radical (unpaired) electrons. The van der Waals surface area contributed by atoms with Crippen molar-refractivity contribution in [1.29, 1.82) is 0 Å². The summed E-state index contributed by atoms with van der Waals surface area (Å²) in [7, 11) is 4.55. The summed E-state index contributed by atoms with van der Waals surface area (Å²) in [5, 5.41) is 0. The van der Waals surface area contributed by atoms with Gasteiger partial charge in [0.1, 0.15) is 22.8 Å². The third kappa shape index (κ3) is 3.44. The van der Waals surface area contributed by atoms with Gasteiger partial charge in [0.25, 0.3) is 5.91 Å². The summed E-state index contributed by atoms with van der Waals surface area (Å²) in [5.41, 5.74) is 6.21. The zero-order valence-electron chi connectivity index (χ0n) is 17.0. The maximum atomic E-state index is 12.8. The lowest BCUT2D eigenvalue weighted by atomic mass is 10.1. The Morgan fingerprint density at radius 3 is 2.42 bits per heavy atom. The van der Waals surface area contributed by atoms with E-state index in [2.05, 4.69) is 15.0 Å². The van der Waals surface area contributed by atoms with Crippen LogP contribution < -0.4 is 25.6 Å². The normalized spacial score (nSPS) is 10.8. The van der Waals surface area contributed by atoms with Gasteiger partial charge in [0.15, 0.2) is 17.2 Å². The number of carbonyl (C=O) groups excluding carboxylic acids is 1. The van der Waals surface area contributed by atoms with Crippen LogP contribution in [-0.2, 0) is 0 Å². The van der Waals surface area contributed by atoms with E-state index in [4.69, 9.17) is 19.9 Å². The minimum absolute atomic E-state index is 0.122. The van der Waals surface area contributed by atoms with Gasteiger partial charge in [0.2, 0.25) is 0 Å². The topological polar surface area (TPSA) is 134 Å². The molecule has 0 bridgehead atoms. The molecular weight excluding hydrogens is 402 g/mol. The van der Waals surface area contributed by atoms with Crippen LogP contribution in [0.15, 0.2) is 47.3 Å². The number of hydrogen-bond acceptors (Lipinski definition) is 7. The minimum Gasteiger partial charge on any atom is -0.497 e. The summed E-state index contributed by atoms with van der Waals surface area (Å²) in [6.07, 6.45) is 0. The summed E-state index contributed by atoms with van der Waals surface area (Å²) < 4.78 is 17.3. The average molecular weight is 421 g/mol. The Labute approximate surface area is 176 Å².